The Morgan fingerprint density at radius 1 is 1.56 bits per heavy atom. The molecule has 18 heavy (non-hydrogen) atoms. The van der Waals surface area contributed by atoms with Gasteiger partial charge in [-0.15, -0.1) is 10.2 Å². The maximum atomic E-state index is 11.7. The second-order valence-electron chi connectivity index (χ2n) is 4.52. The molecule has 1 fully saturated rings. The van der Waals surface area contributed by atoms with E-state index in [1.54, 1.807) is 7.05 Å². The number of carbonyl (C=O) groups is 1. The van der Waals surface area contributed by atoms with Crippen molar-refractivity contribution in [3.8, 4) is 0 Å². The normalized spacial score (nSPS) is 20.9. The van der Waals surface area contributed by atoms with E-state index in [1.807, 2.05) is 6.92 Å². The molecule has 1 aliphatic rings. The fourth-order valence-electron chi connectivity index (χ4n) is 2.24. The number of nitrogens with zero attached hydrogens (tertiary/aromatic N) is 5. The Balaban J connectivity index is 1.88. The zero-order valence-electron chi connectivity index (χ0n) is 10.9. The van der Waals surface area contributed by atoms with Crippen LogP contribution in [0.3, 0.4) is 0 Å². The second-order valence-corrected chi connectivity index (χ2v) is 4.52. The minimum atomic E-state index is -0.0886. The van der Waals surface area contributed by atoms with E-state index in [0.29, 0.717) is 19.0 Å². The summed E-state index contributed by atoms with van der Waals surface area (Å²) in [5, 5.41) is 11.9. The number of ether oxygens (including phenoxy) is 1. The van der Waals surface area contributed by atoms with Crippen molar-refractivity contribution in [3.05, 3.63) is 5.82 Å². The van der Waals surface area contributed by atoms with Gasteiger partial charge in [-0.05, 0) is 31.5 Å². The first-order valence-corrected chi connectivity index (χ1v) is 6.31. The zero-order chi connectivity index (χ0) is 13.0. The summed E-state index contributed by atoms with van der Waals surface area (Å²) in [5.74, 6) is 0.590. The number of aromatic nitrogens is 4. The Kier molecular flexibility index (Phi) is 4.24. The van der Waals surface area contributed by atoms with Crippen LogP contribution in [0.15, 0.2) is 0 Å². The summed E-state index contributed by atoms with van der Waals surface area (Å²) in [7, 11) is 1.74. The average Bonchev–Trinajstić information content (AvgIpc) is 2.75. The molecule has 0 unspecified atom stereocenters. The van der Waals surface area contributed by atoms with Gasteiger partial charge in [-0.2, -0.15) is 4.80 Å². The molecule has 1 aromatic rings. The van der Waals surface area contributed by atoms with E-state index >= 15 is 0 Å². The van der Waals surface area contributed by atoms with E-state index in [4.69, 9.17) is 4.74 Å². The highest BCUT2D eigenvalue weighted by Gasteiger charge is 2.27. The number of piperidine rings is 1. The van der Waals surface area contributed by atoms with Crippen molar-refractivity contribution in [3.63, 3.8) is 0 Å². The minimum Gasteiger partial charge on any atom is -0.466 e. The SMILES string of the molecule is CCOC(=O)[C@H]1CCCN(Cc2nnn(C)n2)C1. The number of carbonyl (C=O) groups excluding carboxylic acids is 1. The van der Waals surface area contributed by atoms with Gasteiger partial charge in [0.1, 0.15) is 0 Å². The predicted octanol–water partition coefficient (Wildman–Crippen LogP) is -0.0148. The maximum Gasteiger partial charge on any atom is 0.310 e. The summed E-state index contributed by atoms with van der Waals surface area (Å²) in [5.41, 5.74) is 0. The molecular formula is C11H19N5O2. The fraction of sp³-hybridized carbons (Fsp3) is 0.818. The largest absolute Gasteiger partial charge is 0.466 e. The third-order valence-electron chi connectivity index (χ3n) is 3.04. The summed E-state index contributed by atoms with van der Waals surface area (Å²) in [6, 6.07) is 0. The van der Waals surface area contributed by atoms with E-state index in [9.17, 15) is 4.79 Å². The smallest absolute Gasteiger partial charge is 0.310 e. The number of tetrazole rings is 1. The van der Waals surface area contributed by atoms with Gasteiger partial charge in [-0.3, -0.25) is 9.69 Å². The molecule has 2 rings (SSSR count). The van der Waals surface area contributed by atoms with Gasteiger partial charge in [0, 0.05) is 6.54 Å². The van der Waals surface area contributed by atoms with E-state index in [1.165, 1.54) is 4.80 Å². The number of hydrogen-bond donors (Lipinski definition) is 0. The van der Waals surface area contributed by atoms with Crippen molar-refractivity contribution in [1.29, 1.82) is 0 Å². The monoisotopic (exact) mass is 253 g/mol. The van der Waals surface area contributed by atoms with Crippen LogP contribution in [0, 0.1) is 5.92 Å². The summed E-state index contributed by atoms with van der Waals surface area (Å²) in [6.45, 7) is 4.61. The molecule has 1 saturated heterocycles. The number of esters is 1. The lowest BCUT2D eigenvalue weighted by Crippen LogP contribution is -2.39. The standard InChI is InChI=1S/C11H19N5O2/c1-3-18-11(17)9-5-4-6-16(7-9)8-10-12-14-15(2)13-10/h9H,3-8H2,1-2H3/t9-/m0/s1. The first-order valence-electron chi connectivity index (χ1n) is 6.31. The van der Waals surface area contributed by atoms with Crippen LogP contribution in [0.4, 0.5) is 0 Å². The van der Waals surface area contributed by atoms with Gasteiger partial charge in [0.15, 0.2) is 5.82 Å². The van der Waals surface area contributed by atoms with Crippen molar-refractivity contribution >= 4 is 5.97 Å². The molecule has 0 spiro atoms. The minimum absolute atomic E-state index is 0.0182. The molecule has 0 bridgehead atoms. The highest BCUT2D eigenvalue weighted by molar-refractivity contribution is 5.72. The van der Waals surface area contributed by atoms with Gasteiger partial charge >= 0.3 is 5.97 Å². The van der Waals surface area contributed by atoms with Gasteiger partial charge in [0.05, 0.1) is 26.1 Å². The highest BCUT2D eigenvalue weighted by Crippen LogP contribution is 2.18. The topological polar surface area (TPSA) is 73.1 Å². The van der Waals surface area contributed by atoms with Crippen LogP contribution in [0.5, 0.6) is 0 Å². The van der Waals surface area contributed by atoms with Crippen LogP contribution in [-0.2, 0) is 23.1 Å². The lowest BCUT2D eigenvalue weighted by molar-refractivity contribution is -0.150. The van der Waals surface area contributed by atoms with Gasteiger partial charge in [0.2, 0.25) is 0 Å². The molecule has 0 N–H and O–H groups in total. The van der Waals surface area contributed by atoms with E-state index in [2.05, 4.69) is 20.3 Å². The van der Waals surface area contributed by atoms with Crippen LogP contribution < -0.4 is 0 Å². The first-order chi connectivity index (χ1) is 8.69. The maximum absolute atomic E-state index is 11.7. The third kappa shape index (κ3) is 3.25. The molecule has 100 valence electrons. The fourth-order valence-corrected chi connectivity index (χ4v) is 2.24. The molecule has 0 aliphatic carbocycles. The summed E-state index contributed by atoms with van der Waals surface area (Å²) in [6.07, 6.45) is 1.91. The van der Waals surface area contributed by atoms with Crippen molar-refractivity contribution in [1.82, 2.24) is 25.1 Å². The van der Waals surface area contributed by atoms with Crippen LogP contribution >= 0.6 is 0 Å². The molecule has 7 heteroatoms. The van der Waals surface area contributed by atoms with Crippen LogP contribution in [0.2, 0.25) is 0 Å². The lowest BCUT2D eigenvalue weighted by atomic mass is 9.98. The zero-order valence-corrected chi connectivity index (χ0v) is 10.9. The van der Waals surface area contributed by atoms with Gasteiger partial charge < -0.3 is 4.74 Å². The lowest BCUT2D eigenvalue weighted by Gasteiger charge is -2.30. The molecule has 0 aromatic carbocycles. The van der Waals surface area contributed by atoms with Gasteiger partial charge in [-0.1, -0.05) is 0 Å². The number of likely N-dealkylation sites (tertiary alicyclic amines) is 1. The van der Waals surface area contributed by atoms with E-state index in [0.717, 1.165) is 25.9 Å². The molecule has 1 aliphatic heterocycles. The first kappa shape index (κ1) is 12.9. The number of aryl methyl sites for hydroxylation is 1. The summed E-state index contributed by atoms with van der Waals surface area (Å²) in [4.78, 5) is 15.3. The molecule has 7 nitrogen and oxygen atoms in total. The van der Waals surface area contributed by atoms with Crippen molar-refractivity contribution < 1.29 is 9.53 Å². The molecule has 1 atom stereocenters. The highest BCUT2D eigenvalue weighted by atomic mass is 16.5. The molecular weight excluding hydrogens is 234 g/mol. The molecule has 0 saturated carbocycles. The van der Waals surface area contributed by atoms with Crippen LogP contribution in [0.25, 0.3) is 0 Å². The van der Waals surface area contributed by atoms with Crippen LogP contribution in [0.1, 0.15) is 25.6 Å². The molecule has 2 heterocycles. The second kappa shape index (κ2) is 5.90. The van der Waals surface area contributed by atoms with E-state index < -0.39 is 0 Å². The Labute approximate surface area is 106 Å². The summed E-state index contributed by atoms with van der Waals surface area (Å²) >= 11 is 0. The summed E-state index contributed by atoms with van der Waals surface area (Å²) < 4.78 is 5.07. The predicted molar refractivity (Wildman–Crippen MR) is 63.4 cm³/mol. The third-order valence-corrected chi connectivity index (χ3v) is 3.04. The van der Waals surface area contributed by atoms with Crippen LogP contribution in [-0.4, -0.2) is 50.8 Å². The average molecular weight is 253 g/mol. The Hall–Kier alpha value is -1.50. The van der Waals surface area contributed by atoms with E-state index in [-0.39, 0.29) is 11.9 Å². The quantitative estimate of drug-likeness (QED) is 0.702. The number of rotatable bonds is 4. The van der Waals surface area contributed by atoms with Gasteiger partial charge in [-0.25, -0.2) is 0 Å². The molecule has 0 radical (unpaired) electrons. The molecule has 0 amide bonds. The van der Waals surface area contributed by atoms with Crippen molar-refractivity contribution in [2.45, 2.75) is 26.3 Å². The Morgan fingerprint density at radius 2 is 2.39 bits per heavy atom. The van der Waals surface area contributed by atoms with Gasteiger partial charge in [0.25, 0.3) is 0 Å². The Bertz CT molecular complexity index is 406. The van der Waals surface area contributed by atoms with Crippen molar-refractivity contribution in [2.24, 2.45) is 13.0 Å². The number of hydrogen-bond acceptors (Lipinski definition) is 6. The van der Waals surface area contributed by atoms with Crippen molar-refractivity contribution in [2.75, 3.05) is 19.7 Å². The molecule has 1 aromatic heterocycles. The Morgan fingerprint density at radius 3 is 3.06 bits per heavy atom.